The summed E-state index contributed by atoms with van der Waals surface area (Å²) >= 11 is 0. The summed E-state index contributed by atoms with van der Waals surface area (Å²) in [6.07, 6.45) is -6.86. The Bertz CT molecular complexity index is 776. The van der Waals surface area contributed by atoms with Gasteiger partial charge < -0.3 is 9.64 Å². The van der Waals surface area contributed by atoms with Gasteiger partial charge in [-0.05, 0) is 17.2 Å². The standard InChI is InChI=1S/C19H18F3NO2/c1-23-15-11-7-6-10-14(15)18(17(23)24,12-19(20,21)22)16(25-2)13-8-4-3-5-9-13/h3-11,16H,12H2,1-2H3/t16?,18-/m0/s1. The number of halogens is 3. The predicted molar refractivity (Wildman–Crippen MR) is 88.4 cm³/mol. The molecule has 1 aliphatic heterocycles. The first-order valence-corrected chi connectivity index (χ1v) is 7.83. The number of alkyl halides is 3. The molecule has 0 aliphatic carbocycles. The number of rotatable bonds is 4. The predicted octanol–water partition coefficient (Wildman–Crippen LogP) is 4.24. The van der Waals surface area contributed by atoms with E-state index in [0.717, 1.165) is 0 Å². The number of benzene rings is 2. The fourth-order valence-corrected chi connectivity index (χ4v) is 3.75. The highest BCUT2D eigenvalue weighted by Crippen LogP contribution is 2.54. The maximum absolute atomic E-state index is 13.5. The maximum Gasteiger partial charge on any atom is 0.390 e. The third-order valence-corrected chi connectivity index (χ3v) is 4.70. The van der Waals surface area contributed by atoms with Gasteiger partial charge in [-0.3, -0.25) is 4.79 Å². The van der Waals surface area contributed by atoms with Crippen molar-refractivity contribution in [3.8, 4) is 0 Å². The Labute approximate surface area is 144 Å². The number of hydrogen-bond donors (Lipinski definition) is 0. The Morgan fingerprint density at radius 2 is 1.68 bits per heavy atom. The number of likely N-dealkylation sites (N-methyl/N-ethyl adjacent to an activating group) is 1. The second kappa shape index (κ2) is 6.19. The molecule has 0 saturated carbocycles. The average molecular weight is 349 g/mol. The highest BCUT2D eigenvalue weighted by atomic mass is 19.4. The number of nitrogens with zero attached hydrogens (tertiary/aromatic N) is 1. The molecule has 3 nitrogen and oxygen atoms in total. The number of hydrogen-bond acceptors (Lipinski definition) is 2. The first-order valence-electron chi connectivity index (χ1n) is 7.83. The first kappa shape index (κ1) is 17.5. The molecule has 0 N–H and O–H groups in total. The van der Waals surface area contributed by atoms with E-state index in [1.54, 1.807) is 54.6 Å². The molecule has 2 aromatic rings. The summed E-state index contributed by atoms with van der Waals surface area (Å²) in [6, 6.07) is 15.2. The lowest BCUT2D eigenvalue weighted by Gasteiger charge is -2.36. The summed E-state index contributed by atoms with van der Waals surface area (Å²) in [5.41, 5.74) is -0.488. The van der Waals surface area contributed by atoms with Gasteiger partial charge in [0.2, 0.25) is 5.91 Å². The van der Waals surface area contributed by atoms with Crippen molar-refractivity contribution in [3.63, 3.8) is 0 Å². The minimum Gasteiger partial charge on any atom is -0.375 e. The lowest BCUT2D eigenvalue weighted by molar-refractivity contribution is -0.168. The third-order valence-electron chi connectivity index (χ3n) is 4.70. The van der Waals surface area contributed by atoms with Crippen LogP contribution in [0.2, 0.25) is 0 Å². The molecular formula is C19H18F3NO2. The summed E-state index contributed by atoms with van der Waals surface area (Å²) in [6.45, 7) is 0. The molecule has 0 radical (unpaired) electrons. The lowest BCUT2D eigenvalue weighted by Crippen LogP contribution is -2.47. The first-order chi connectivity index (χ1) is 11.8. The molecular weight excluding hydrogens is 331 g/mol. The van der Waals surface area contributed by atoms with Crippen LogP contribution in [0, 0.1) is 0 Å². The van der Waals surface area contributed by atoms with Gasteiger partial charge in [0.25, 0.3) is 0 Å². The molecule has 2 aromatic carbocycles. The Balaban J connectivity index is 2.27. The van der Waals surface area contributed by atoms with Crippen molar-refractivity contribution < 1.29 is 22.7 Å². The molecule has 1 aliphatic rings. The average Bonchev–Trinajstić information content (AvgIpc) is 2.78. The van der Waals surface area contributed by atoms with Crippen LogP contribution in [0.5, 0.6) is 0 Å². The number of amides is 1. The van der Waals surface area contributed by atoms with Crippen molar-refractivity contribution in [3.05, 3.63) is 65.7 Å². The van der Waals surface area contributed by atoms with Crippen LogP contribution in [-0.4, -0.2) is 26.2 Å². The van der Waals surface area contributed by atoms with Gasteiger partial charge in [-0.2, -0.15) is 13.2 Å². The van der Waals surface area contributed by atoms with Crippen LogP contribution in [0.25, 0.3) is 0 Å². The van der Waals surface area contributed by atoms with E-state index < -0.39 is 30.0 Å². The minimum atomic E-state index is -4.53. The molecule has 0 spiro atoms. The molecule has 0 saturated heterocycles. The number of carbonyl (C=O) groups excluding carboxylic acids is 1. The van der Waals surface area contributed by atoms with E-state index in [1.807, 2.05) is 0 Å². The zero-order valence-corrected chi connectivity index (χ0v) is 13.9. The molecule has 25 heavy (non-hydrogen) atoms. The molecule has 0 fully saturated rings. The van der Waals surface area contributed by atoms with Gasteiger partial charge in [-0.15, -0.1) is 0 Å². The summed E-state index contributed by atoms with van der Waals surface area (Å²) in [5, 5.41) is 0. The lowest BCUT2D eigenvalue weighted by atomic mass is 9.71. The zero-order chi connectivity index (χ0) is 18.2. The number of methoxy groups -OCH3 is 1. The summed E-state index contributed by atoms with van der Waals surface area (Å²) in [7, 11) is 2.83. The number of ether oxygens (including phenoxy) is 1. The number of para-hydroxylation sites is 1. The number of fused-ring (bicyclic) bond motifs is 1. The summed E-state index contributed by atoms with van der Waals surface area (Å²) in [5.74, 6) is -0.610. The third kappa shape index (κ3) is 2.80. The summed E-state index contributed by atoms with van der Waals surface area (Å²) in [4.78, 5) is 14.4. The van der Waals surface area contributed by atoms with Gasteiger partial charge >= 0.3 is 6.18 Å². The maximum atomic E-state index is 13.5. The van der Waals surface area contributed by atoms with Gasteiger partial charge in [0.05, 0.1) is 6.42 Å². The number of carbonyl (C=O) groups is 1. The van der Waals surface area contributed by atoms with Crippen LogP contribution in [-0.2, 0) is 14.9 Å². The molecule has 2 atom stereocenters. The van der Waals surface area contributed by atoms with E-state index in [1.165, 1.54) is 19.1 Å². The van der Waals surface area contributed by atoms with Crippen molar-refractivity contribution in [2.24, 2.45) is 0 Å². The van der Waals surface area contributed by atoms with Gasteiger partial charge in [-0.25, -0.2) is 0 Å². The van der Waals surface area contributed by atoms with Gasteiger partial charge in [-0.1, -0.05) is 48.5 Å². The van der Waals surface area contributed by atoms with E-state index in [4.69, 9.17) is 4.74 Å². The van der Waals surface area contributed by atoms with Crippen LogP contribution < -0.4 is 4.90 Å². The molecule has 1 amide bonds. The molecule has 6 heteroatoms. The van der Waals surface area contributed by atoms with E-state index in [2.05, 4.69) is 0 Å². The van der Waals surface area contributed by atoms with E-state index in [9.17, 15) is 18.0 Å². The molecule has 1 unspecified atom stereocenters. The normalized spacial score (nSPS) is 21.3. The second-order valence-corrected chi connectivity index (χ2v) is 6.17. The van der Waals surface area contributed by atoms with Crippen molar-refractivity contribution in [1.29, 1.82) is 0 Å². The smallest absolute Gasteiger partial charge is 0.375 e. The molecule has 1 heterocycles. The zero-order valence-electron chi connectivity index (χ0n) is 13.9. The minimum absolute atomic E-state index is 0.343. The van der Waals surface area contributed by atoms with Crippen LogP contribution >= 0.6 is 0 Å². The van der Waals surface area contributed by atoms with Gasteiger partial charge in [0, 0.05) is 19.8 Å². The van der Waals surface area contributed by atoms with Crippen molar-refractivity contribution in [2.45, 2.75) is 24.1 Å². The monoisotopic (exact) mass is 349 g/mol. The van der Waals surface area contributed by atoms with E-state index in [0.29, 0.717) is 16.8 Å². The fourth-order valence-electron chi connectivity index (χ4n) is 3.75. The van der Waals surface area contributed by atoms with Crippen molar-refractivity contribution >= 4 is 11.6 Å². The fraction of sp³-hybridized carbons (Fsp3) is 0.316. The highest BCUT2D eigenvalue weighted by Gasteiger charge is 2.60. The Morgan fingerprint density at radius 1 is 1.08 bits per heavy atom. The number of anilines is 1. The van der Waals surface area contributed by atoms with Gasteiger partial charge in [0.15, 0.2) is 0 Å². The van der Waals surface area contributed by atoms with Gasteiger partial charge in [0.1, 0.15) is 11.5 Å². The topological polar surface area (TPSA) is 29.5 Å². The second-order valence-electron chi connectivity index (χ2n) is 6.17. The quantitative estimate of drug-likeness (QED) is 0.826. The van der Waals surface area contributed by atoms with Crippen LogP contribution in [0.3, 0.4) is 0 Å². The Hall–Kier alpha value is -2.34. The van der Waals surface area contributed by atoms with Crippen molar-refractivity contribution in [2.75, 3.05) is 19.1 Å². The largest absolute Gasteiger partial charge is 0.390 e. The molecule has 0 bridgehead atoms. The van der Waals surface area contributed by atoms with E-state index in [-0.39, 0.29) is 0 Å². The Kier molecular flexibility index (Phi) is 4.33. The van der Waals surface area contributed by atoms with E-state index >= 15 is 0 Å². The van der Waals surface area contributed by atoms with Crippen molar-refractivity contribution in [1.82, 2.24) is 0 Å². The molecule has 0 aromatic heterocycles. The molecule has 132 valence electrons. The highest BCUT2D eigenvalue weighted by molar-refractivity contribution is 6.08. The SMILES string of the molecule is COC(c1ccccc1)[C@@]1(CC(F)(F)F)C(=O)N(C)c2ccccc21. The van der Waals surface area contributed by atoms with Crippen LogP contribution in [0.1, 0.15) is 23.7 Å². The van der Waals surface area contributed by atoms with Crippen LogP contribution in [0.15, 0.2) is 54.6 Å². The Morgan fingerprint density at radius 3 is 2.28 bits per heavy atom. The molecule has 3 rings (SSSR count). The van der Waals surface area contributed by atoms with Crippen LogP contribution in [0.4, 0.5) is 18.9 Å². The summed E-state index contributed by atoms with van der Waals surface area (Å²) < 4.78 is 46.1.